The summed E-state index contributed by atoms with van der Waals surface area (Å²) in [5.74, 6) is -0.0559. The lowest BCUT2D eigenvalue weighted by atomic mass is 10.1. The summed E-state index contributed by atoms with van der Waals surface area (Å²) in [5.41, 5.74) is 1.82. The number of nitrogens with one attached hydrogen (secondary N) is 1. The van der Waals surface area contributed by atoms with E-state index in [2.05, 4.69) is 5.32 Å². The average Bonchev–Trinajstić information content (AvgIpc) is 2.51. The number of hydrogen-bond acceptors (Lipinski definition) is 2. The maximum Gasteiger partial charge on any atom is 0.258 e. The molecule has 2 rings (SSSR count). The highest BCUT2D eigenvalue weighted by molar-refractivity contribution is 6.01. The standard InChI is InChI=1S/C11H13NO2/c1-2-7-14-10-8-5-3-4-6-9(8)12-11(10)13/h3-6,10H,2,7H2,1H3,(H,12,13). The van der Waals surface area contributed by atoms with Gasteiger partial charge in [0.15, 0.2) is 6.10 Å². The van der Waals surface area contributed by atoms with Crippen molar-refractivity contribution in [3.05, 3.63) is 29.8 Å². The lowest BCUT2D eigenvalue weighted by Gasteiger charge is -2.08. The Hall–Kier alpha value is -1.35. The van der Waals surface area contributed by atoms with E-state index in [9.17, 15) is 4.79 Å². The van der Waals surface area contributed by atoms with Gasteiger partial charge in [0.2, 0.25) is 0 Å². The molecule has 1 atom stereocenters. The van der Waals surface area contributed by atoms with Crippen molar-refractivity contribution in [2.24, 2.45) is 0 Å². The van der Waals surface area contributed by atoms with Crippen LogP contribution in [0.4, 0.5) is 5.69 Å². The maximum absolute atomic E-state index is 11.5. The normalized spacial score (nSPS) is 19.2. The first-order valence-corrected chi connectivity index (χ1v) is 4.84. The molecule has 3 nitrogen and oxygen atoms in total. The van der Waals surface area contributed by atoms with E-state index in [4.69, 9.17) is 4.74 Å². The van der Waals surface area contributed by atoms with Crippen molar-refractivity contribution in [1.82, 2.24) is 0 Å². The van der Waals surface area contributed by atoms with E-state index in [-0.39, 0.29) is 5.91 Å². The van der Waals surface area contributed by atoms with Crippen LogP contribution in [0.2, 0.25) is 0 Å². The van der Waals surface area contributed by atoms with Gasteiger partial charge >= 0.3 is 0 Å². The van der Waals surface area contributed by atoms with Crippen molar-refractivity contribution in [3.63, 3.8) is 0 Å². The predicted octanol–water partition coefficient (Wildman–Crippen LogP) is 2.11. The number of amides is 1. The highest BCUT2D eigenvalue weighted by Crippen LogP contribution is 2.32. The first-order chi connectivity index (χ1) is 6.83. The Morgan fingerprint density at radius 3 is 3.00 bits per heavy atom. The van der Waals surface area contributed by atoms with Crippen molar-refractivity contribution in [2.75, 3.05) is 11.9 Å². The van der Waals surface area contributed by atoms with Crippen LogP contribution in [0.5, 0.6) is 0 Å². The molecule has 1 heterocycles. The third kappa shape index (κ3) is 1.51. The maximum atomic E-state index is 11.5. The second-order valence-electron chi connectivity index (χ2n) is 3.33. The van der Waals surface area contributed by atoms with Gasteiger partial charge in [0.05, 0.1) is 0 Å². The number of hydrogen-bond donors (Lipinski definition) is 1. The van der Waals surface area contributed by atoms with Crippen LogP contribution in [0.25, 0.3) is 0 Å². The largest absolute Gasteiger partial charge is 0.364 e. The van der Waals surface area contributed by atoms with Crippen molar-refractivity contribution in [1.29, 1.82) is 0 Å². The van der Waals surface area contributed by atoms with Crippen molar-refractivity contribution in [2.45, 2.75) is 19.4 Å². The third-order valence-corrected chi connectivity index (χ3v) is 2.23. The second kappa shape index (κ2) is 3.80. The minimum Gasteiger partial charge on any atom is -0.364 e. The molecule has 1 aromatic rings. The van der Waals surface area contributed by atoms with Gasteiger partial charge in [-0.3, -0.25) is 4.79 Å². The van der Waals surface area contributed by atoms with Crippen LogP contribution in [-0.4, -0.2) is 12.5 Å². The fourth-order valence-electron chi connectivity index (χ4n) is 1.58. The number of benzene rings is 1. The highest BCUT2D eigenvalue weighted by Gasteiger charge is 2.30. The summed E-state index contributed by atoms with van der Waals surface area (Å²) in [5, 5.41) is 2.79. The van der Waals surface area contributed by atoms with Crippen LogP contribution < -0.4 is 5.32 Å². The van der Waals surface area contributed by atoms with Gasteiger partial charge in [0.1, 0.15) is 0 Å². The van der Waals surface area contributed by atoms with Gasteiger partial charge in [-0.1, -0.05) is 25.1 Å². The van der Waals surface area contributed by atoms with Gasteiger partial charge in [-0.15, -0.1) is 0 Å². The van der Waals surface area contributed by atoms with Crippen LogP contribution >= 0.6 is 0 Å². The van der Waals surface area contributed by atoms with Gasteiger partial charge < -0.3 is 10.1 Å². The van der Waals surface area contributed by atoms with Crippen LogP contribution in [0.3, 0.4) is 0 Å². The molecule has 1 aliphatic rings. The zero-order valence-electron chi connectivity index (χ0n) is 8.12. The summed E-state index contributed by atoms with van der Waals surface area (Å²) >= 11 is 0. The van der Waals surface area contributed by atoms with Crippen LogP contribution in [-0.2, 0) is 9.53 Å². The monoisotopic (exact) mass is 191 g/mol. The number of rotatable bonds is 3. The molecular formula is C11H13NO2. The Morgan fingerprint density at radius 2 is 2.21 bits per heavy atom. The average molecular weight is 191 g/mol. The SMILES string of the molecule is CCCOC1C(=O)Nc2ccccc21. The molecule has 0 fully saturated rings. The lowest BCUT2D eigenvalue weighted by molar-refractivity contribution is -0.126. The molecule has 0 bridgehead atoms. The smallest absolute Gasteiger partial charge is 0.258 e. The van der Waals surface area contributed by atoms with E-state index >= 15 is 0 Å². The minimum atomic E-state index is -0.411. The Bertz CT molecular complexity index is 349. The first kappa shape index (κ1) is 9.21. The van der Waals surface area contributed by atoms with E-state index in [0.717, 1.165) is 17.7 Å². The van der Waals surface area contributed by atoms with Crippen molar-refractivity contribution < 1.29 is 9.53 Å². The van der Waals surface area contributed by atoms with Gasteiger partial charge in [-0.25, -0.2) is 0 Å². The van der Waals surface area contributed by atoms with E-state index in [0.29, 0.717) is 6.61 Å². The van der Waals surface area contributed by atoms with Crippen LogP contribution in [0, 0.1) is 0 Å². The fraction of sp³-hybridized carbons (Fsp3) is 0.364. The summed E-state index contributed by atoms with van der Waals surface area (Å²) in [6, 6.07) is 7.64. The zero-order valence-corrected chi connectivity index (χ0v) is 8.12. The predicted molar refractivity (Wildman–Crippen MR) is 54.1 cm³/mol. The molecule has 14 heavy (non-hydrogen) atoms. The van der Waals surface area contributed by atoms with Crippen LogP contribution in [0.15, 0.2) is 24.3 Å². The highest BCUT2D eigenvalue weighted by atomic mass is 16.5. The summed E-state index contributed by atoms with van der Waals surface area (Å²) in [6.07, 6.45) is 0.512. The van der Waals surface area contributed by atoms with Gasteiger partial charge in [0.25, 0.3) is 5.91 Å². The van der Waals surface area contributed by atoms with Crippen molar-refractivity contribution in [3.8, 4) is 0 Å². The minimum absolute atomic E-state index is 0.0559. The van der Waals surface area contributed by atoms with E-state index in [1.165, 1.54) is 0 Å². The molecule has 1 unspecified atom stereocenters. The van der Waals surface area contributed by atoms with Gasteiger partial charge in [-0.2, -0.15) is 0 Å². The van der Waals surface area contributed by atoms with Gasteiger partial charge in [-0.05, 0) is 12.5 Å². The molecule has 0 radical (unpaired) electrons. The molecular weight excluding hydrogens is 178 g/mol. The number of carbonyl (C=O) groups excluding carboxylic acids is 1. The molecule has 1 amide bonds. The number of para-hydroxylation sites is 1. The second-order valence-corrected chi connectivity index (χ2v) is 3.33. The Labute approximate surface area is 83.1 Å². The lowest BCUT2D eigenvalue weighted by Crippen LogP contribution is -2.15. The number of anilines is 1. The molecule has 3 heteroatoms. The molecule has 0 spiro atoms. The summed E-state index contributed by atoms with van der Waals surface area (Å²) in [6.45, 7) is 2.64. The number of carbonyl (C=O) groups is 1. The third-order valence-electron chi connectivity index (χ3n) is 2.23. The molecule has 74 valence electrons. The molecule has 0 saturated heterocycles. The molecule has 0 saturated carbocycles. The van der Waals surface area contributed by atoms with Crippen molar-refractivity contribution >= 4 is 11.6 Å². The summed E-state index contributed by atoms with van der Waals surface area (Å²) in [4.78, 5) is 11.5. The first-order valence-electron chi connectivity index (χ1n) is 4.84. The number of ether oxygens (including phenoxy) is 1. The quantitative estimate of drug-likeness (QED) is 0.794. The summed E-state index contributed by atoms with van der Waals surface area (Å²) in [7, 11) is 0. The van der Waals surface area contributed by atoms with Crippen LogP contribution in [0.1, 0.15) is 25.0 Å². The zero-order chi connectivity index (χ0) is 9.97. The van der Waals surface area contributed by atoms with E-state index < -0.39 is 6.10 Å². The summed E-state index contributed by atoms with van der Waals surface area (Å²) < 4.78 is 5.48. The molecule has 0 aromatic heterocycles. The van der Waals surface area contributed by atoms with E-state index in [1.807, 2.05) is 31.2 Å². The molecule has 1 N–H and O–H groups in total. The van der Waals surface area contributed by atoms with E-state index in [1.54, 1.807) is 0 Å². The molecule has 1 aromatic carbocycles. The number of fused-ring (bicyclic) bond motifs is 1. The Balaban J connectivity index is 2.21. The van der Waals surface area contributed by atoms with Gasteiger partial charge in [0, 0.05) is 17.9 Å². The Kier molecular flexibility index (Phi) is 2.50. The Morgan fingerprint density at radius 1 is 1.43 bits per heavy atom. The molecule has 0 aliphatic carbocycles. The topological polar surface area (TPSA) is 38.3 Å². The molecule has 1 aliphatic heterocycles. The fourth-order valence-corrected chi connectivity index (χ4v) is 1.58.